The van der Waals surface area contributed by atoms with Crippen LogP contribution < -0.4 is 15.1 Å². The first kappa shape index (κ1) is 32.7. The van der Waals surface area contributed by atoms with Gasteiger partial charge in [-0.15, -0.1) is 0 Å². The summed E-state index contributed by atoms with van der Waals surface area (Å²) in [5.74, 6) is -1.51. The van der Waals surface area contributed by atoms with Gasteiger partial charge in [0.1, 0.15) is 18.3 Å². The van der Waals surface area contributed by atoms with Gasteiger partial charge in [-0.3, -0.25) is 34.3 Å². The molecular weight excluding hydrogens is 641 g/mol. The van der Waals surface area contributed by atoms with Crippen LogP contribution in [0, 0.1) is 5.92 Å². The summed E-state index contributed by atoms with van der Waals surface area (Å²) in [6.07, 6.45) is 1.29. The van der Waals surface area contributed by atoms with Crippen LogP contribution in [0.2, 0.25) is 0 Å². The van der Waals surface area contributed by atoms with Crippen LogP contribution in [0.5, 0.6) is 0 Å². The summed E-state index contributed by atoms with van der Waals surface area (Å²) in [6.45, 7) is 5.45. The Kier molecular flexibility index (Phi) is 8.53. The van der Waals surface area contributed by atoms with Gasteiger partial charge in [0.2, 0.25) is 11.8 Å². The van der Waals surface area contributed by atoms with Crippen molar-refractivity contribution in [2.45, 2.75) is 61.7 Å². The Balaban J connectivity index is 0.933. The second-order valence-electron chi connectivity index (χ2n) is 13.6. The molecule has 0 saturated carbocycles. The minimum Gasteiger partial charge on any atom is -0.385 e. The molecule has 256 valence electrons. The van der Waals surface area contributed by atoms with Crippen molar-refractivity contribution in [2.75, 3.05) is 61.9 Å². The van der Waals surface area contributed by atoms with E-state index in [0.29, 0.717) is 35.8 Å². The molecule has 0 spiro atoms. The fourth-order valence-corrected chi connectivity index (χ4v) is 9.04. The lowest BCUT2D eigenvalue weighted by atomic mass is 9.92. The number of aliphatic hydroxyl groups excluding tert-OH is 1. The normalized spacial score (nSPS) is 25.5. The van der Waals surface area contributed by atoms with Gasteiger partial charge in [-0.25, -0.2) is 12.8 Å². The topological polar surface area (TPSA) is 148 Å². The van der Waals surface area contributed by atoms with E-state index in [1.807, 2.05) is 6.07 Å². The number of hydrogen-bond acceptors (Lipinski definition) is 10. The number of halogens is 1. The summed E-state index contributed by atoms with van der Waals surface area (Å²) in [4.78, 5) is 58.6. The van der Waals surface area contributed by atoms with E-state index in [1.54, 1.807) is 18.2 Å². The molecule has 3 fully saturated rings. The number of nitrogens with one attached hydrogen (secondary N) is 1. The van der Waals surface area contributed by atoms with E-state index >= 15 is 0 Å². The standard InChI is InChI=1S/C34H40FN5O7S/c1-48(46,47)27-7-5-24(22-19-23(35)31(42)30(22)27)38-13-10-20(11-14-38)9-12-37-15-17-39(18-16-37)25-4-2-3-21-29(25)34(45)40(33(21)44)26-6-8-28(41)36-32(26)43/h2-5,7,20,23,26,31,42H,6,8-19H2,1H3,(H,36,41,43)/t23-,26?,31-/m0/s1. The molecule has 2 aromatic rings. The molecule has 7 rings (SSSR count). The van der Waals surface area contributed by atoms with E-state index < -0.39 is 51.8 Å². The Morgan fingerprint density at radius 1 is 0.896 bits per heavy atom. The van der Waals surface area contributed by atoms with Gasteiger partial charge in [0.25, 0.3) is 11.8 Å². The lowest BCUT2D eigenvalue weighted by molar-refractivity contribution is -0.136. The molecular formula is C34H40FN5O7S. The highest BCUT2D eigenvalue weighted by Crippen LogP contribution is 2.43. The number of sulfone groups is 1. The summed E-state index contributed by atoms with van der Waals surface area (Å²) < 4.78 is 39.2. The number of carbonyl (C=O) groups excluding carboxylic acids is 4. The number of rotatable bonds is 7. The second kappa shape index (κ2) is 12.5. The molecule has 14 heteroatoms. The van der Waals surface area contributed by atoms with Gasteiger partial charge in [-0.1, -0.05) is 6.07 Å². The highest BCUT2D eigenvalue weighted by molar-refractivity contribution is 7.90. The molecule has 4 heterocycles. The Morgan fingerprint density at radius 3 is 2.29 bits per heavy atom. The van der Waals surface area contributed by atoms with Gasteiger partial charge in [-0.2, -0.15) is 0 Å². The number of imide groups is 2. The second-order valence-corrected chi connectivity index (χ2v) is 15.6. The number of alkyl halides is 1. The van der Waals surface area contributed by atoms with Crippen molar-refractivity contribution >= 4 is 44.8 Å². The Hall–Kier alpha value is -3.88. The number of benzene rings is 2. The van der Waals surface area contributed by atoms with Crippen LogP contribution in [-0.2, 0) is 25.8 Å². The number of anilines is 2. The van der Waals surface area contributed by atoms with E-state index in [9.17, 15) is 37.1 Å². The lowest BCUT2D eigenvalue weighted by Gasteiger charge is -2.38. The molecule has 2 N–H and O–H groups in total. The smallest absolute Gasteiger partial charge is 0.264 e. The van der Waals surface area contributed by atoms with Crippen molar-refractivity contribution < 1.29 is 37.1 Å². The van der Waals surface area contributed by atoms with E-state index in [-0.39, 0.29) is 35.3 Å². The number of piperazine rings is 1. The van der Waals surface area contributed by atoms with E-state index in [1.165, 1.54) is 6.07 Å². The Morgan fingerprint density at radius 2 is 1.60 bits per heavy atom. The SMILES string of the molecule is CS(=O)(=O)c1ccc(N2CCC(CCN3CCN(c4cccc5c4C(=O)N(C4CCC(=O)NC4=O)C5=O)CC3)CC2)c2c1[C@@H](O)[C@@H](F)C2. The molecule has 12 nitrogen and oxygen atoms in total. The predicted octanol–water partition coefficient (Wildman–Crippen LogP) is 1.85. The third-order valence-electron chi connectivity index (χ3n) is 10.7. The largest absolute Gasteiger partial charge is 0.385 e. The van der Waals surface area contributed by atoms with Gasteiger partial charge in [0, 0.05) is 69.6 Å². The van der Waals surface area contributed by atoms with Crippen molar-refractivity contribution in [3.63, 3.8) is 0 Å². The van der Waals surface area contributed by atoms with Crippen molar-refractivity contribution in [1.82, 2.24) is 15.1 Å². The zero-order valence-corrected chi connectivity index (χ0v) is 27.7. The van der Waals surface area contributed by atoms with Crippen molar-refractivity contribution in [1.29, 1.82) is 0 Å². The van der Waals surface area contributed by atoms with Gasteiger partial charge < -0.3 is 14.9 Å². The number of nitrogens with zero attached hydrogens (tertiary/aromatic N) is 4. The van der Waals surface area contributed by atoms with Crippen LogP contribution in [0.3, 0.4) is 0 Å². The third kappa shape index (κ3) is 5.77. The fraction of sp³-hybridized carbons (Fsp3) is 0.529. The fourth-order valence-electron chi connectivity index (χ4n) is 8.08. The number of carbonyl (C=O) groups is 4. The molecule has 1 aliphatic carbocycles. The Labute approximate surface area is 278 Å². The first-order valence-electron chi connectivity index (χ1n) is 16.7. The molecule has 4 aliphatic heterocycles. The highest BCUT2D eigenvalue weighted by atomic mass is 32.2. The van der Waals surface area contributed by atoms with Crippen LogP contribution in [0.15, 0.2) is 35.2 Å². The molecule has 2 aromatic carbocycles. The van der Waals surface area contributed by atoms with Crippen LogP contribution in [-0.4, -0.2) is 111 Å². The van der Waals surface area contributed by atoms with E-state index in [2.05, 4.69) is 20.0 Å². The summed E-state index contributed by atoms with van der Waals surface area (Å²) in [5, 5.41) is 12.7. The van der Waals surface area contributed by atoms with Crippen LogP contribution in [0.1, 0.15) is 70.1 Å². The van der Waals surface area contributed by atoms with Crippen molar-refractivity contribution in [3.8, 4) is 0 Å². The number of piperidine rings is 2. The van der Waals surface area contributed by atoms with Crippen LogP contribution in [0.4, 0.5) is 15.8 Å². The maximum Gasteiger partial charge on any atom is 0.264 e. The number of aliphatic hydroxyl groups is 1. The van der Waals surface area contributed by atoms with E-state index in [0.717, 1.165) is 68.8 Å². The molecule has 5 aliphatic rings. The maximum absolute atomic E-state index is 14.6. The molecule has 3 atom stereocenters. The minimum atomic E-state index is -3.60. The van der Waals surface area contributed by atoms with Crippen LogP contribution in [0.25, 0.3) is 0 Å². The summed E-state index contributed by atoms with van der Waals surface area (Å²) in [7, 11) is -3.60. The molecule has 0 aromatic heterocycles. The maximum atomic E-state index is 14.6. The van der Waals surface area contributed by atoms with Gasteiger partial charge in [-0.05, 0) is 68.0 Å². The number of fused-ring (bicyclic) bond motifs is 2. The molecule has 4 amide bonds. The number of hydrogen-bond donors (Lipinski definition) is 2. The first-order valence-corrected chi connectivity index (χ1v) is 18.6. The summed E-state index contributed by atoms with van der Waals surface area (Å²) >= 11 is 0. The minimum absolute atomic E-state index is 0.00909. The summed E-state index contributed by atoms with van der Waals surface area (Å²) in [6, 6.07) is 7.49. The van der Waals surface area contributed by atoms with E-state index in [4.69, 9.17) is 0 Å². The number of amides is 4. The summed E-state index contributed by atoms with van der Waals surface area (Å²) in [5.41, 5.74) is 2.93. The molecule has 0 bridgehead atoms. The average Bonchev–Trinajstić information content (AvgIpc) is 3.50. The molecule has 48 heavy (non-hydrogen) atoms. The molecule has 0 radical (unpaired) electrons. The molecule has 3 saturated heterocycles. The van der Waals surface area contributed by atoms with Gasteiger partial charge in [0.15, 0.2) is 9.84 Å². The average molecular weight is 682 g/mol. The third-order valence-corrected chi connectivity index (χ3v) is 11.9. The zero-order valence-electron chi connectivity index (χ0n) is 26.9. The zero-order chi connectivity index (χ0) is 33.9. The van der Waals surface area contributed by atoms with Crippen molar-refractivity contribution in [3.05, 3.63) is 52.6 Å². The van der Waals surface area contributed by atoms with Crippen molar-refractivity contribution in [2.24, 2.45) is 5.92 Å². The Bertz CT molecular complexity index is 1790. The van der Waals surface area contributed by atoms with Crippen LogP contribution >= 0.6 is 0 Å². The monoisotopic (exact) mass is 681 g/mol. The highest BCUT2D eigenvalue weighted by Gasteiger charge is 2.46. The van der Waals surface area contributed by atoms with Gasteiger partial charge >= 0.3 is 0 Å². The molecule has 1 unspecified atom stereocenters. The lowest BCUT2D eigenvalue weighted by Crippen LogP contribution is -2.54. The predicted molar refractivity (Wildman–Crippen MR) is 174 cm³/mol. The first-order chi connectivity index (χ1) is 22.9. The quantitative estimate of drug-likeness (QED) is 0.415. The van der Waals surface area contributed by atoms with Gasteiger partial charge in [0.05, 0.1) is 21.7 Å².